The van der Waals surface area contributed by atoms with Crippen LogP contribution in [0.4, 0.5) is 0 Å². The van der Waals surface area contributed by atoms with Gasteiger partial charge in [0, 0.05) is 6.54 Å². The Morgan fingerprint density at radius 1 is 0.667 bits per heavy atom. The number of likely N-dealkylation sites (tertiary alicyclic amines) is 1. The molecule has 1 nitrogen and oxygen atoms in total. The van der Waals surface area contributed by atoms with Gasteiger partial charge in [-0.15, -0.1) is 0 Å². The molecule has 1 aliphatic carbocycles. The Labute approximate surface area is 146 Å². The standard InChI is InChI=1S/C23H29N/c1-2-8-19(9-3-1)18-24-16-14-21(15-17-24)23-13-7-6-12-22(23)20-10-4-5-11-20/h1-3,6-9,12-13,20-21H,4-5,10-11,14-18H2. The lowest BCUT2D eigenvalue weighted by Gasteiger charge is -2.33. The van der Waals surface area contributed by atoms with E-state index in [-0.39, 0.29) is 0 Å². The second-order valence-electron chi connectivity index (χ2n) is 7.65. The molecule has 0 spiro atoms. The second-order valence-corrected chi connectivity index (χ2v) is 7.65. The minimum absolute atomic E-state index is 0.772. The summed E-state index contributed by atoms with van der Waals surface area (Å²) in [6.07, 6.45) is 8.30. The van der Waals surface area contributed by atoms with Crippen LogP contribution in [0.5, 0.6) is 0 Å². The molecule has 0 bridgehead atoms. The first kappa shape index (κ1) is 15.9. The highest BCUT2D eigenvalue weighted by molar-refractivity contribution is 5.34. The van der Waals surface area contributed by atoms with E-state index in [2.05, 4.69) is 59.5 Å². The summed E-state index contributed by atoms with van der Waals surface area (Å²) in [4.78, 5) is 2.63. The molecule has 0 radical (unpaired) electrons. The Kier molecular flexibility index (Phi) is 4.99. The van der Waals surface area contributed by atoms with Gasteiger partial charge in [-0.1, -0.05) is 67.4 Å². The van der Waals surface area contributed by atoms with Gasteiger partial charge in [0.05, 0.1) is 0 Å². The SMILES string of the molecule is c1ccc(CN2CCC(c3ccccc3C3CCCC3)CC2)cc1. The molecule has 1 aliphatic heterocycles. The maximum absolute atomic E-state index is 2.63. The third-order valence-corrected chi connectivity index (χ3v) is 6.07. The molecule has 1 heteroatoms. The third kappa shape index (κ3) is 3.57. The zero-order valence-electron chi connectivity index (χ0n) is 14.7. The van der Waals surface area contributed by atoms with Gasteiger partial charge in [-0.3, -0.25) is 4.90 Å². The summed E-state index contributed by atoms with van der Waals surface area (Å²) in [5, 5.41) is 0. The normalized spacial score (nSPS) is 20.5. The summed E-state index contributed by atoms with van der Waals surface area (Å²) >= 11 is 0. The largest absolute Gasteiger partial charge is 0.299 e. The van der Waals surface area contributed by atoms with Gasteiger partial charge in [0.15, 0.2) is 0 Å². The Hall–Kier alpha value is -1.60. The van der Waals surface area contributed by atoms with E-state index in [4.69, 9.17) is 0 Å². The molecule has 2 aromatic rings. The van der Waals surface area contributed by atoms with Crippen LogP contribution in [0.25, 0.3) is 0 Å². The van der Waals surface area contributed by atoms with E-state index in [1.807, 2.05) is 0 Å². The van der Waals surface area contributed by atoms with Crippen molar-refractivity contribution in [3.63, 3.8) is 0 Å². The lowest BCUT2D eigenvalue weighted by molar-refractivity contribution is 0.204. The highest BCUT2D eigenvalue weighted by atomic mass is 15.1. The Morgan fingerprint density at radius 3 is 1.83 bits per heavy atom. The lowest BCUT2D eigenvalue weighted by Crippen LogP contribution is -2.32. The maximum Gasteiger partial charge on any atom is 0.0233 e. The Morgan fingerprint density at radius 2 is 1.21 bits per heavy atom. The molecule has 126 valence electrons. The van der Waals surface area contributed by atoms with Crippen LogP contribution in [0.15, 0.2) is 54.6 Å². The van der Waals surface area contributed by atoms with Crippen molar-refractivity contribution in [2.45, 2.75) is 56.9 Å². The zero-order valence-corrected chi connectivity index (χ0v) is 14.7. The van der Waals surface area contributed by atoms with Gasteiger partial charge < -0.3 is 0 Å². The quantitative estimate of drug-likeness (QED) is 0.696. The molecule has 2 aliphatic rings. The van der Waals surface area contributed by atoms with E-state index in [1.165, 1.54) is 57.2 Å². The van der Waals surface area contributed by atoms with Crippen LogP contribution in [-0.4, -0.2) is 18.0 Å². The van der Waals surface area contributed by atoms with Gasteiger partial charge in [0.25, 0.3) is 0 Å². The first-order valence-corrected chi connectivity index (χ1v) is 9.75. The summed E-state index contributed by atoms with van der Waals surface area (Å²) in [5.41, 5.74) is 4.79. The monoisotopic (exact) mass is 319 g/mol. The van der Waals surface area contributed by atoms with Crippen LogP contribution in [0.2, 0.25) is 0 Å². The summed E-state index contributed by atoms with van der Waals surface area (Å²) in [6, 6.07) is 20.3. The van der Waals surface area contributed by atoms with Crippen molar-refractivity contribution in [3.8, 4) is 0 Å². The summed E-state index contributed by atoms with van der Waals surface area (Å²) < 4.78 is 0. The van der Waals surface area contributed by atoms with Crippen LogP contribution < -0.4 is 0 Å². The highest BCUT2D eigenvalue weighted by Gasteiger charge is 2.26. The molecule has 0 N–H and O–H groups in total. The fourth-order valence-electron chi connectivity index (χ4n) is 4.73. The number of hydrogen-bond donors (Lipinski definition) is 0. The summed E-state index contributed by atoms with van der Waals surface area (Å²) in [5.74, 6) is 1.61. The first-order chi connectivity index (χ1) is 11.9. The van der Waals surface area contributed by atoms with Gasteiger partial charge in [-0.05, 0) is 67.3 Å². The summed E-state index contributed by atoms with van der Waals surface area (Å²) in [7, 11) is 0. The topological polar surface area (TPSA) is 3.24 Å². The Bertz CT molecular complexity index is 634. The van der Waals surface area contributed by atoms with Crippen molar-refractivity contribution in [3.05, 3.63) is 71.3 Å². The molecule has 2 fully saturated rings. The van der Waals surface area contributed by atoms with E-state index < -0.39 is 0 Å². The van der Waals surface area contributed by atoms with Crippen molar-refractivity contribution in [1.82, 2.24) is 4.90 Å². The second kappa shape index (κ2) is 7.53. The van der Waals surface area contributed by atoms with Crippen LogP contribution >= 0.6 is 0 Å². The van der Waals surface area contributed by atoms with Gasteiger partial charge in [-0.2, -0.15) is 0 Å². The number of nitrogens with zero attached hydrogens (tertiary/aromatic N) is 1. The number of rotatable bonds is 4. The van der Waals surface area contributed by atoms with E-state index in [0.717, 1.165) is 18.4 Å². The predicted molar refractivity (Wildman–Crippen MR) is 101 cm³/mol. The zero-order chi connectivity index (χ0) is 16.2. The van der Waals surface area contributed by atoms with Crippen molar-refractivity contribution in [2.24, 2.45) is 0 Å². The molecule has 0 amide bonds. The molecular weight excluding hydrogens is 290 g/mol. The van der Waals surface area contributed by atoms with Crippen LogP contribution in [0.1, 0.15) is 67.1 Å². The summed E-state index contributed by atoms with van der Waals surface area (Å²) in [6.45, 7) is 3.58. The smallest absolute Gasteiger partial charge is 0.0233 e. The third-order valence-electron chi connectivity index (χ3n) is 6.07. The molecule has 0 atom stereocenters. The van der Waals surface area contributed by atoms with Crippen molar-refractivity contribution >= 4 is 0 Å². The fraction of sp³-hybridized carbons (Fsp3) is 0.478. The fourth-order valence-corrected chi connectivity index (χ4v) is 4.73. The van der Waals surface area contributed by atoms with Crippen LogP contribution in [0, 0.1) is 0 Å². The molecule has 0 aromatic heterocycles. The van der Waals surface area contributed by atoms with E-state index in [0.29, 0.717) is 0 Å². The van der Waals surface area contributed by atoms with E-state index in [1.54, 1.807) is 11.1 Å². The van der Waals surface area contributed by atoms with Crippen molar-refractivity contribution in [1.29, 1.82) is 0 Å². The molecule has 0 unspecified atom stereocenters. The van der Waals surface area contributed by atoms with Gasteiger partial charge in [-0.25, -0.2) is 0 Å². The van der Waals surface area contributed by atoms with Gasteiger partial charge in [0.1, 0.15) is 0 Å². The predicted octanol–water partition coefficient (Wildman–Crippen LogP) is 5.72. The Balaban J connectivity index is 1.41. The molecule has 1 saturated heterocycles. The average molecular weight is 319 g/mol. The minimum Gasteiger partial charge on any atom is -0.299 e. The number of benzene rings is 2. The van der Waals surface area contributed by atoms with E-state index in [9.17, 15) is 0 Å². The molecule has 1 heterocycles. The first-order valence-electron chi connectivity index (χ1n) is 9.75. The highest BCUT2D eigenvalue weighted by Crippen LogP contribution is 2.40. The molecular formula is C23H29N. The van der Waals surface area contributed by atoms with Crippen LogP contribution in [-0.2, 0) is 6.54 Å². The molecule has 24 heavy (non-hydrogen) atoms. The van der Waals surface area contributed by atoms with Crippen molar-refractivity contribution in [2.75, 3.05) is 13.1 Å². The maximum atomic E-state index is 2.63. The van der Waals surface area contributed by atoms with Gasteiger partial charge >= 0.3 is 0 Å². The van der Waals surface area contributed by atoms with Crippen molar-refractivity contribution < 1.29 is 0 Å². The van der Waals surface area contributed by atoms with E-state index >= 15 is 0 Å². The minimum atomic E-state index is 0.772. The molecule has 2 aromatic carbocycles. The van der Waals surface area contributed by atoms with Crippen LogP contribution in [0.3, 0.4) is 0 Å². The molecule has 1 saturated carbocycles. The van der Waals surface area contributed by atoms with Gasteiger partial charge in [0.2, 0.25) is 0 Å². The lowest BCUT2D eigenvalue weighted by atomic mass is 9.82. The average Bonchev–Trinajstić information content (AvgIpc) is 3.18. The molecule has 4 rings (SSSR count). The number of hydrogen-bond acceptors (Lipinski definition) is 1. The number of piperidine rings is 1.